The third-order valence-electron chi connectivity index (χ3n) is 3.54. The van der Waals surface area contributed by atoms with Crippen molar-refractivity contribution in [1.29, 1.82) is 0 Å². The number of hydrogen-bond acceptors (Lipinski definition) is 7. The molecule has 0 fully saturated rings. The number of carbonyl (C=O) groups is 2. The van der Waals surface area contributed by atoms with Gasteiger partial charge in [0.2, 0.25) is 0 Å². The third kappa shape index (κ3) is 3.82. The van der Waals surface area contributed by atoms with Crippen LogP contribution in [0.15, 0.2) is 36.4 Å². The van der Waals surface area contributed by atoms with Crippen molar-refractivity contribution in [2.24, 2.45) is 0 Å². The number of methoxy groups -OCH3 is 4. The van der Waals surface area contributed by atoms with Gasteiger partial charge in [0.05, 0.1) is 50.9 Å². The van der Waals surface area contributed by atoms with Crippen LogP contribution in [0.5, 0.6) is 11.5 Å². The number of ether oxygens (including phenoxy) is 4. The lowest BCUT2D eigenvalue weighted by Crippen LogP contribution is -2.14. The molecule has 0 aliphatic rings. The Labute approximate surface area is 145 Å². The van der Waals surface area contributed by atoms with Gasteiger partial charge in [-0.1, -0.05) is 6.07 Å². The number of esters is 2. The van der Waals surface area contributed by atoms with Gasteiger partial charge in [-0.25, -0.2) is 9.59 Å². The highest BCUT2D eigenvalue weighted by Gasteiger charge is 2.23. The highest BCUT2D eigenvalue weighted by Crippen LogP contribution is 2.33. The van der Waals surface area contributed by atoms with Crippen LogP contribution in [0.1, 0.15) is 20.7 Å². The Morgan fingerprint density at radius 3 is 2.16 bits per heavy atom. The van der Waals surface area contributed by atoms with E-state index >= 15 is 0 Å². The summed E-state index contributed by atoms with van der Waals surface area (Å²) in [6.45, 7) is 0. The number of carbonyl (C=O) groups excluding carboxylic acids is 2. The molecule has 2 aromatic carbocycles. The van der Waals surface area contributed by atoms with E-state index < -0.39 is 11.9 Å². The van der Waals surface area contributed by atoms with Crippen LogP contribution in [-0.2, 0) is 9.47 Å². The molecular formula is C18H19NO6. The van der Waals surface area contributed by atoms with Crippen LogP contribution >= 0.6 is 0 Å². The molecule has 7 nitrogen and oxygen atoms in total. The molecule has 7 heteroatoms. The average molecular weight is 345 g/mol. The van der Waals surface area contributed by atoms with E-state index in [2.05, 4.69) is 5.32 Å². The van der Waals surface area contributed by atoms with Gasteiger partial charge in [0.25, 0.3) is 0 Å². The summed E-state index contributed by atoms with van der Waals surface area (Å²) >= 11 is 0. The Balaban J connectivity index is 2.56. The smallest absolute Gasteiger partial charge is 0.340 e. The first-order valence-electron chi connectivity index (χ1n) is 7.34. The van der Waals surface area contributed by atoms with Crippen LogP contribution in [0.3, 0.4) is 0 Å². The minimum Gasteiger partial charge on any atom is -0.497 e. The normalized spacial score (nSPS) is 9.92. The fraction of sp³-hybridized carbons (Fsp3) is 0.222. The van der Waals surface area contributed by atoms with Gasteiger partial charge in [0.1, 0.15) is 11.5 Å². The van der Waals surface area contributed by atoms with E-state index in [1.807, 2.05) is 0 Å². The lowest BCUT2D eigenvalue weighted by Gasteiger charge is -2.16. The summed E-state index contributed by atoms with van der Waals surface area (Å²) in [6, 6.07) is 9.96. The molecule has 0 unspecified atom stereocenters. The summed E-state index contributed by atoms with van der Waals surface area (Å²) in [7, 11) is 5.56. The average Bonchev–Trinajstić information content (AvgIpc) is 2.66. The monoisotopic (exact) mass is 345 g/mol. The van der Waals surface area contributed by atoms with Gasteiger partial charge in [-0.05, 0) is 24.3 Å². The van der Waals surface area contributed by atoms with Crippen LogP contribution in [0.2, 0.25) is 0 Å². The molecule has 25 heavy (non-hydrogen) atoms. The molecular weight excluding hydrogens is 326 g/mol. The fourth-order valence-electron chi connectivity index (χ4n) is 2.32. The summed E-state index contributed by atoms with van der Waals surface area (Å²) in [5.41, 5.74) is 1.11. The van der Waals surface area contributed by atoms with E-state index in [1.54, 1.807) is 37.4 Å². The van der Waals surface area contributed by atoms with E-state index in [1.165, 1.54) is 27.4 Å². The maximum atomic E-state index is 12.2. The Morgan fingerprint density at radius 2 is 1.56 bits per heavy atom. The van der Waals surface area contributed by atoms with Gasteiger partial charge in [-0.15, -0.1) is 0 Å². The molecule has 0 aliphatic carbocycles. The lowest BCUT2D eigenvalue weighted by atomic mass is 10.0. The number of benzene rings is 2. The number of nitrogens with one attached hydrogen (secondary N) is 1. The first kappa shape index (κ1) is 18.1. The van der Waals surface area contributed by atoms with Gasteiger partial charge in [-0.3, -0.25) is 0 Å². The molecule has 132 valence electrons. The predicted octanol–water partition coefficient (Wildman–Crippen LogP) is 3.02. The molecule has 0 atom stereocenters. The Kier molecular flexibility index (Phi) is 5.84. The van der Waals surface area contributed by atoms with Gasteiger partial charge < -0.3 is 24.3 Å². The summed E-state index contributed by atoms with van der Waals surface area (Å²) in [4.78, 5) is 24.2. The molecule has 0 aliphatic heterocycles. The van der Waals surface area contributed by atoms with E-state index in [4.69, 9.17) is 18.9 Å². The number of rotatable bonds is 6. The Bertz CT molecular complexity index is 787. The fourth-order valence-corrected chi connectivity index (χ4v) is 2.32. The van der Waals surface area contributed by atoms with Crippen molar-refractivity contribution in [3.63, 3.8) is 0 Å². The molecule has 0 radical (unpaired) electrons. The van der Waals surface area contributed by atoms with Gasteiger partial charge >= 0.3 is 11.9 Å². The molecule has 0 saturated heterocycles. The number of anilines is 2. The van der Waals surface area contributed by atoms with Crippen LogP contribution in [0, 0.1) is 0 Å². The lowest BCUT2D eigenvalue weighted by molar-refractivity contribution is 0.0556. The molecule has 2 rings (SSSR count). The van der Waals surface area contributed by atoms with Crippen molar-refractivity contribution in [2.75, 3.05) is 33.8 Å². The molecule has 0 aromatic heterocycles. The Hall–Kier alpha value is -3.22. The molecule has 0 amide bonds. The zero-order valence-electron chi connectivity index (χ0n) is 14.4. The maximum Gasteiger partial charge on any atom is 0.340 e. The zero-order chi connectivity index (χ0) is 18.4. The van der Waals surface area contributed by atoms with Crippen molar-refractivity contribution in [1.82, 2.24) is 0 Å². The van der Waals surface area contributed by atoms with E-state index in [9.17, 15) is 9.59 Å². The van der Waals surface area contributed by atoms with Crippen molar-refractivity contribution in [3.8, 4) is 11.5 Å². The summed E-state index contributed by atoms with van der Waals surface area (Å²) in [5.74, 6) is -0.154. The van der Waals surface area contributed by atoms with Crippen molar-refractivity contribution < 1.29 is 28.5 Å². The molecule has 0 heterocycles. The molecule has 1 N–H and O–H groups in total. The topological polar surface area (TPSA) is 83.1 Å². The molecule has 2 aromatic rings. The SMILES string of the molecule is COC(=O)c1cccc(Nc2cc(OC)ccc2OC)c1C(=O)OC. The summed E-state index contributed by atoms with van der Waals surface area (Å²) in [5, 5.41) is 3.09. The quantitative estimate of drug-likeness (QED) is 0.806. The zero-order valence-corrected chi connectivity index (χ0v) is 14.4. The van der Waals surface area contributed by atoms with Gasteiger partial charge in [0.15, 0.2) is 0 Å². The van der Waals surface area contributed by atoms with Crippen LogP contribution in [0.25, 0.3) is 0 Å². The van der Waals surface area contributed by atoms with E-state index in [0.29, 0.717) is 22.9 Å². The third-order valence-corrected chi connectivity index (χ3v) is 3.54. The minimum absolute atomic E-state index is 0.0710. The Morgan fingerprint density at radius 1 is 0.840 bits per heavy atom. The highest BCUT2D eigenvalue weighted by atomic mass is 16.5. The van der Waals surface area contributed by atoms with Crippen LogP contribution < -0.4 is 14.8 Å². The second-order valence-corrected chi connectivity index (χ2v) is 4.90. The van der Waals surface area contributed by atoms with E-state index in [0.717, 1.165) is 0 Å². The van der Waals surface area contributed by atoms with Crippen molar-refractivity contribution >= 4 is 23.3 Å². The molecule has 0 spiro atoms. The summed E-state index contributed by atoms with van der Waals surface area (Å²) < 4.78 is 20.1. The van der Waals surface area contributed by atoms with Crippen molar-refractivity contribution in [3.05, 3.63) is 47.5 Å². The van der Waals surface area contributed by atoms with Crippen molar-refractivity contribution in [2.45, 2.75) is 0 Å². The van der Waals surface area contributed by atoms with Crippen LogP contribution in [0.4, 0.5) is 11.4 Å². The minimum atomic E-state index is -0.662. The van der Waals surface area contributed by atoms with Gasteiger partial charge in [-0.2, -0.15) is 0 Å². The largest absolute Gasteiger partial charge is 0.497 e. The first-order chi connectivity index (χ1) is 12.0. The highest BCUT2D eigenvalue weighted by molar-refractivity contribution is 6.07. The first-order valence-corrected chi connectivity index (χ1v) is 7.34. The second kappa shape index (κ2) is 8.05. The number of hydrogen-bond donors (Lipinski definition) is 1. The summed E-state index contributed by atoms with van der Waals surface area (Å²) in [6.07, 6.45) is 0. The van der Waals surface area contributed by atoms with E-state index in [-0.39, 0.29) is 11.1 Å². The predicted molar refractivity (Wildman–Crippen MR) is 91.9 cm³/mol. The maximum absolute atomic E-state index is 12.2. The standard InChI is InChI=1S/C18H19NO6/c1-22-11-8-9-15(23-2)14(10-11)19-13-7-5-6-12(17(20)24-3)16(13)18(21)25-4/h5-10,19H,1-4H3. The molecule has 0 saturated carbocycles. The van der Waals surface area contributed by atoms with Crippen LogP contribution in [-0.4, -0.2) is 40.4 Å². The molecule has 0 bridgehead atoms. The second-order valence-electron chi connectivity index (χ2n) is 4.90. The van der Waals surface area contributed by atoms with Gasteiger partial charge in [0, 0.05) is 6.07 Å².